The number of cyclic esters (lactones) is 1. The third-order valence-corrected chi connectivity index (χ3v) is 12.3. The Bertz CT molecular complexity index is 1350. The molecular formula is C45H75NO12. The highest BCUT2D eigenvalue weighted by atomic mass is 16.5. The molecule has 15 atom stereocenters. The second-order valence-electron chi connectivity index (χ2n) is 16.6. The number of methoxy groups -OCH3 is 4. The zero-order valence-corrected chi connectivity index (χ0v) is 36.9. The summed E-state index contributed by atoms with van der Waals surface area (Å²) in [6, 6.07) is 0. The van der Waals surface area contributed by atoms with Crippen LogP contribution in [0.4, 0.5) is 0 Å². The van der Waals surface area contributed by atoms with E-state index in [2.05, 4.69) is 6.08 Å². The van der Waals surface area contributed by atoms with Gasteiger partial charge in [-0.1, -0.05) is 70.6 Å². The van der Waals surface area contributed by atoms with Crippen molar-refractivity contribution in [3.63, 3.8) is 0 Å². The van der Waals surface area contributed by atoms with Crippen molar-refractivity contribution in [1.82, 2.24) is 4.90 Å². The van der Waals surface area contributed by atoms with E-state index >= 15 is 0 Å². The number of ketones is 1. The normalized spacial score (nSPS) is 32.8. The van der Waals surface area contributed by atoms with Gasteiger partial charge in [0.1, 0.15) is 11.9 Å². The van der Waals surface area contributed by atoms with E-state index in [0.29, 0.717) is 44.9 Å². The molecule has 0 fully saturated rings. The highest BCUT2D eigenvalue weighted by Gasteiger charge is 2.41. The minimum atomic E-state index is -0.952. The van der Waals surface area contributed by atoms with Gasteiger partial charge < -0.3 is 48.6 Å². The van der Waals surface area contributed by atoms with Crippen LogP contribution >= 0.6 is 0 Å². The molecule has 0 radical (unpaired) electrons. The Balaban J connectivity index is 2.39. The maximum atomic E-state index is 13.5. The predicted molar refractivity (Wildman–Crippen MR) is 222 cm³/mol. The molecular weight excluding hydrogens is 746 g/mol. The van der Waals surface area contributed by atoms with Crippen LogP contribution in [0.25, 0.3) is 0 Å². The number of hydrogen-bond acceptors (Lipinski definition) is 12. The molecule has 2 heterocycles. The minimum Gasteiger partial charge on any atom is -0.458 e. The summed E-state index contributed by atoms with van der Waals surface area (Å²) in [6.07, 6.45) is 11.2. The van der Waals surface area contributed by atoms with Crippen LogP contribution in [0, 0.1) is 35.5 Å². The van der Waals surface area contributed by atoms with Crippen LogP contribution in [0.2, 0.25) is 0 Å². The average Bonchev–Trinajstić information content (AvgIpc) is 3.22. The van der Waals surface area contributed by atoms with Gasteiger partial charge in [0.15, 0.2) is 0 Å². The van der Waals surface area contributed by atoms with Gasteiger partial charge in [0.2, 0.25) is 6.41 Å². The van der Waals surface area contributed by atoms with Crippen molar-refractivity contribution in [2.24, 2.45) is 35.5 Å². The molecule has 58 heavy (non-hydrogen) atoms. The van der Waals surface area contributed by atoms with Crippen molar-refractivity contribution in [2.45, 2.75) is 141 Å². The molecule has 0 aromatic rings. The summed E-state index contributed by atoms with van der Waals surface area (Å²) < 4.78 is 36.3. The highest BCUT2D eigenvalue weighted by Crippen LogP contribution is 2.34. The lowest BCUT2D eigenvalue weighted by Crippen LogP contribution is -2.47. The quantitative estimate of drug-likeness (QED) is 0.0997. The molecule has 1 amide bonds. The molecule has 2 aliphatic rings. The standard InChI is InChI=1S/C45H75NO12/c1-28-15-18-34(49)23-35-13-12-14-36(57-35)24-40(54-9)37(26-47)41(55-10)25-39(53-8)32(5)45(58-42(51)20-16-28)33(6)43(52)29(2)17-19-38(50)31(4)44(56-11)30(3)21-22-46(7)27-48/h12-13,15-16,20-22,27,29-37,39-41,43-45,47,49,52H,14,17-19,23-26H2,1-11H3/b20-16-,22-21+,28-15-/t29-,30+,31-,32-,33-,34-,35-,36-,37+,39+,40-,41-,43-,44+,45-/m0/s1. The molecule has 0 aliphatic carbocycles. The first-order chi connectivity index (χ1) is 27.5. The van der Waals surface area contributed by atoms with Gasteiger partial charge in [-0.2, -0.15) is 0 Å². The number of hydrogen-bond donors (Lipinski definition) is 3. The molecule has 2 bridgehead atoms. The molecule has 0 saturated carbocycles. The molecule has 13 heteroatoms. The summed E-state index contributed by atoms with van der Waals surface area (Å²) in [5.41, 5.74) is 0.777. The summed E-state index contributed by atoms with van der Waals surface area (Å²) in [4.78, 5) is 39.3. The third-order valence-electron chi connectivity index (χ3n) is 12.3. The maximum absolute atomic E-state index is 13.5. The lowest BCUT2D eigenvalue weighted by Gasteiger charge is -2.39. The second-order valence-corrected chi connectivity index (χ2v) is 16.6. The van der Waals surface area contributed by atoms with Crippen LogP contribution < -0.4 is 0 Å². The zero-order valence-electron chi connectivity index (χ0n) is 36.9. The molecule has 0 unspecified atom stereocenters. The van der Waals surface area contributed by atoms with Crippen LogP contribution in [0.5, 0.6) is 0 Å². The molecule has 13 nitrogen and oxygen atoms in total. The van der Waals surface area contributed by atoms with Crippen molar-refractivity contribution < 1.29 is 58.1 Å². The number of Topliss-reactive ketones (excluding diaryl/α,β-unsaturated/α-hetero) is 1. The molecule has 0 saturated heterocycles. The van der Waals surface area contributed by atoms with Crippen molar-refractivity contribution in [2.75, 3.05) is 42.1 Å². The fourth-order valence-corrected chi connectivity index (χ4v) is 8.38. The van der Waals surface area contributed by atoms with Gasteiger partial charge >= 0.3 is 5.97 Å². The molecule has 3 N–H and O–H groups in total. The number of rotatable bonds is 17. The number of esters is 1. The van der Waals surface area contributed by atoms with Gasteiger partial charge in [0, 0.05) is 103 Å². The van der Waals surface area contributed by atoms with E-state index in [1.807, 2.05) is 59.8 Å². The topological polar surface area (TPSA) is 171 Å². The fourth-order valence-electron chi connectivity index (χ4n) is 8.38. The first kappa shape index (κ1) is 51.4. The lowest BCUT2D eigenvalue weighted by molar-refractivity contribution is -0.159. The fraction of sp³-hybridized carbons (Fsp3) is 0.756. The maximum Gasteiger partial charge on any atom is 0.331 e. The zero-order chi connectivity index (χ0) is 43.5. The Morgan fingerprint density at radius 1 is 1.00 bits per heavy atom. The van der Waals surface area contributed by atoms with E-state index in [1.54, 1.807) is 47.8 Å². The molecule has 2 aliphatic heterocycles. The number of nitrogens with zero attached hydrogens (tertiary/aromatic N) is 1. The Kier molecular flexibility index (Phi) is 23.4. The van der Waals surface area contributed by atoms with Gasteiger partial charge in [0.05, 0.1) is 55.4 Å². The van der Waals surface area contributed by atoms with E-state index < -0.39 is 72.4 Å². The van der Waals surface area contributed by atoms with E-state index in [9.17, 15) is 29.7 Å². The van der Waals surface area contributed by atoms with Crippen LogP contribution in [0.3, 0.4) is 0 Å². The highest BCUT2D eigenvalue weighted by molar-refractivity contribution is 5.82. The second kappa shape index (κ2) is 26.5. The minimum absolute atomic E-state index is 0.00449. The molecule has 0 aromatic carbocycles. The van der Waals surface area contributed by atoms with E-state index in [4.69, 9.17) is 28.4 Å². The number of aliphatic hydroxyl groups is 3. The van der Waals surface area contributed by atoms with E-state index in [0.717, 1.165) is 5.57 Å². The Hall–Kier alpha value is -2.75. The smallest absolute Gasteiger partial charge is 0.331 e. The number of aliphatic hydroxyl groups excluding tert-OH is 3. The van der Waals surface area contributed by atoms with E-state index in [-0.39, 0.29) is 42.9 Å². The number of amides is 1. The van der Waals surface area contributed by atoms with Crippen molar-refractivity contribution in [3.8, 4) is 0 Å². The number of fused-ring (bicyclic) bond motifs is 2. The Morgan fingerprint density at radius 2 is 1.66 bits per heavy atom. The van der Waals surface area contributed by atoms with Gasteiger partial charge in [0.25, 0.3) is 0 Å². The largest absolute Gasteiger partial charge is 0.458 e. The van der Waals surface area contributed by atoms with Crippen molar-refractivity contribution in [1.29, 1.82) is 0 Å². The molecule has 0 spiro atoms. The summed E-state index contributed by atoms with van der Waals surface area (Å²) in [7, 11) is 7.97. The SMILES string of the molecule is CO[C@H]([C@H](C)/C=C/N(C)C=O)[C@@H](C)C(=O)CC[C@H](C)[C@H](O)[C@H](C)[C@H]1OC(=O)/C=C\C(C)=C/C[C@H](O)C[C@@H]2C=CC[C@@H](C[C@H](OC)[C@@H](CO)[C@@H](OC)C[C@@H](OC)[C@@H]1C)O2. The van der Waals surface area contributed by atoms with Crippen LogP contribution in [-0.2, 0) is 42.8 Å². The summed E-state index contributed by atoms with van der Waals surface area (Å²) in [5.74, 6) is -2.97. The lowest BCUT2D eigenvalue weighted by atomic mass is 9.78. The van der Waals surface area contributed by atoms with Crippen molar-refractivity contribution in [3.05, 3.63) is 48.2 Å². The predicted octanol–water partition coefficient (Wildman–Crippen LogP) is 5.21. The molecule has 332 valence electrons. The molecule has 2 rings (SSSR count). The monoisotopic (exact) mass is 822 g/mol. The Labute approximate surface area is 347 Å². The van der Waals surface area contributed by atoms with Gasteiger partial charge in [-0.3, -0.25) is 9.59 Å². The summed E-state index contributed by atoms with van der Waals surface area (Å²) >= 11 is 0. The number of allylic oxidation sites excluding steroid dienone is 2. The van der Waals surface area contributed by atoms with Crippen molar-refractivity contribution >= 4 is 18.2 Å². The molecule has 0 aromatic heterocycles. The first-order valence-corrected chi connectivity index (χ1v) is 20.9. The van der Waals surface area contributed by atoms with Crippen LogP contribution in [-0.4, -0.2) is 135 Å². The van der Waals surface area contributed by atoms with Crippen LogP contribution in [0.15, 0.2) is 48.2 Å². The van der Waals surface area contributed by atoms with Gasteiger partial charge in [-0.05, 0) is 32.1 Å². The van der Waals surface area contributed by atoms with Crippen LogP contribution in [0.1, 0.15) is 86.5 Å². The number of carbonyl (C=O) groups is 3. The van der Waals surface area contributed by atoms with E-state index in [1.165, 1.54) is 11.0 Å². The number of ether oxygens (including phenoxy) is 6. The van der Waals surface area contributed by atoms with Gasteiger partial charge in [-0.15, -0.1) is 0 Å². The Morgan fingerprint density at radius 3 is 2.26 bits per heavy atom. The summed E-state index contributed by atoms with van der Waals surface area (Å²) in [5, 5.41) is 33.4. The first-order valence-electron chi connectivity index (χ1n) is 20.9. The summed E-state index contributed by atoms with van der Waals surface area (Å²) in [6.45, 7) is 11.0. The average molecular weight is 822 g/mol. The third kappa shape index (κ3) is 16.0. The van der Waals surface area contributed by atoms with Gasteiger partial charge in [-0.25, -0.2) is 4.79 Å². The number of carbonyl (C=O) groups excluding carboxylic acids is 3.